The summed E-state index contributed by atoms with van der Waals surface area (Å²) in [5.74, 6) is 0.385. The minimum absolute atomic E-state index is 0.222. The third-order valence-electron chi connectivity index (χ3n) is 2.77. The van der Waals surface area contributed by atoms with Gasteiger partial charge in [0.1, 0.15) is 5.82 Å². The highest BCUT2D eigenvalue weighted by atomic mass is 19.1. The van der Waals surface area contributed by atoms with Crippen LogP contribution in [0.3, 0.4) is 0 Å². The second-order valence-electron chi connectivity index (χ2n) is 3.97. The van der Waals surface area contributed by atoms with Crippen LogP contribution in [0.5, 0.6) is 0 Å². The molecular formula is C11H15FN2. The van der Waals surface area contributed by atoms with Crippen LogP contribution in [0, 0.1) is 11.7 Å². The Bertz CT molecular complexity index is 334. The number of anilines is 2. The van der Waals surface area contributed by atoms with Crippen molar-refractivity contribution in [3.05, 3.63) is 24.0 Å². The van der Waals surface area contributed by atoms with Crippen LogP contribution >= 0.6 is 0 Å². The van der Waals surface area contributed by atoms with Crippen molar-refractivity contribution >= 4 is 11.4 Å². The second kappa shape index (κ2) is 3.48. The molecule has 1 aromatic rings. The molecule has 0 amide bonds. The normalized spacial score (nSPS) is 17.9. The van der Waals surface area contributed by atoms with E-state index in [0.717, 1.165) is 5.92 Å². The maximum Gasteiger partial charge on any atom is 0.148 e. The smallest absolute Gasteiger partial charge is 0.148 e. The monoisotopic (exact) mass is 194 g/mol. The minimum atomic E-state index is -0.349. The quantitative estimate of drug-likeness (QED) is 0.726. The number of nitrogens with two attached hydrogens (primary N) is 1. The van der Waals surface area contributed by atoms with Crippen LogP contribution in [0.15, 0.2) is 18.2 Å². The molecule has 0 aliphatic heterocycles. The zero-order valence-electron chi connectivity index (χ0n) is 8.26. The van der Waals surface area contributed by atoms with Crippen molar-refractivity contribution in [2.45, 2.75) is 25.8 Å². The first-order valence-corrected chi connectivity index (χ1v) is 4.99. The summed E-state index contributed by atoms with van der Waals surface area (Å²) in [6, 6.07) is 5.26. The molecule has 1 aromatic carbocycles. The highest BCUT2D eigenvalue weighted by molar-refractivity contribution is 5.66. The zero-order chi connectivity index (χ0) is 10.1. The molecule has 14 heavy (non-hydrogen) atoms. The van der Waals surface area contributed by atoms with Gasteiger partial charge in [-0.05, 0) is 37.8 Å². The van der Waals surface area contributed by atoms with E-state index < -0.39 is 0 Å². The number of benzene rings is 1. The number of hydrogen-bond acceptors (Lipinski definition) is 2. The summed E-state index contributed by atoms with van der Waals surface area (Å²) in [5, 5.41) is 3.25. The van der Waals surface area contributed by atoms with Crippen LogP contribution in [-0.2, 0) is 0 Å². The first-order chi connectivity index (χ1) is 6.68. The summed E-state index contributed by atoms with van der Waals surface area (Å²) in [7, 11) is 0. The summed E-state index contributed by atoms with van der Waals surface area (Å²) in [4.78, 5) is 0. The summed E-state index contributed by atoms with van der Waals surface area (Å²) < 4.78 is 13.1. The van der Waals surface area contributed by atoms with Gasteiger partial charge in [0.15, 0.2) is 0 Å². The molecule has 0 bridgehead atoms. The van der Waals surface area contributed by atoms with Crippen molar-refractivity contribution in [2.24, 2.45) is 5.92 Å². The lowest BCUT2D eigenvalue weighted by Gasteiger charge is -2.16. The molecule has 1 atom stereocenters. The van der Waals surface area contributed by atoms with Crippen molar-refractivity contribution in [3.8, 4) is 0 Å². The van der Waals surface area contributed by atoms with Gasteiger partial charge in [-0.3, -0.25) is 0 Å². The third-order valence-corrected chi connectivity index (χ3v) is 2.77. The summed E-state index contributed by atoms with van der Waals surface area (Å²) in [5.41, 5.74) is 6.55. The van der Waals surface area contributed by atoms with Gasteiger partial charge in [-0.15, -0.1) is 0 Å². The van der Waals surface area contributed by atoms with Gasteiger partial charge in [0.05, 0.1) is 11.4 Å². The van der Waals surface area contributed by atoms with Crippen LogP contribution in [0.1, 0.15) is 19.8 Å². The summed E-state index contributed by atoms with van der Waals surface area (Å²) >= 11 is 0. The van der Waals surface area contributed by atoms with E-state index in [4.69, 9.17) is 5.73 Å². The van der Waals surface area contributed by atoms with E-state index in [2.05, 4.69) is 12.2 Å². The number of nitrogens with one attached hydrogen (secondary N) is 1. The fourth-order valence-electron chi connectivity index (χ4n) is 1.62. The van der Waals surface area contributed by atoms with Crippen molar-refractivity contribution in [1.29, 1.82) is 0 Å². The highest BCUT2D eigenvalue weighted by Crippen LogP contribution is 2.35. The van der Waals surface area contributed by atoms with E-state index in [0.29, 0.717) is 11.7 Å². The summed E-state index contributed by atoms with van der Waals surface area (Å²) in [6.07, 6.45) is 2.53. The van der Waals surface area contributed by atoms with Gasteiger partial charge >= 0.3 is 0 Å². The summed E-state index contributed by atoms with van der Waals surface area (Å²) in [6.45, 7) is 2.11. The van der Waals surface area contributed by atoms with E-state index in [1.54, 1.807) is 6.07 Å². The maximum atomic E-state index is 13.1. The van der Waals surface area contributed by atoms with E-state index in [1.165, 1.54) is 18.9 Å². The van der Waals surface area contributed by atoms with E-state index >= 15 is 0 Å². The van der Waals surface area contributed by atoms with Gasteiger partial charge in [0.2, 0.25) is 0 Å². The second-order valence-corrected chi connectivity index (χ2v) is 3.97. The van der Waals surface area contributed by atoms with Gasteiger partial charge in [0.25, 0.3) is 0 Å². The molecule has 1 saturated carbocycles. The number of nitrogen functional groups attached to an aromatic ring is 1. The molecule has 0 saturated heterocycles. The number of hydrogen-bond donors (Lipinski definition) is 2. The van der Waals surface area contributed by atoms with E-state index in [9.17, 15) is 4.39 Å². The first kappa shape index (κ1) is 9.31. The van der Waals surface area contributed by atoms with Gasteiger partial charge in [-0.25, -0.2) is 4.39 Å². The molecule has 0 spiro atoms. The van der Waals surface area contributed by atoms with Gasteiger partial charge in [-0.2, -0.15) is 0 Å². The van der Waals surface area contributed by atoms with Gasteiger partial charge in [-0.1, -0.05) is 6.07 Å². The molecule has 2 rings (SSSR count). The Hall–Kier alpha value is -1.25. The van der Waals surface area contributed by atoms with Crippen molar-refractivity contribution in [3.63, 3.8) is 0 Å². The standard InChI is InChI=1S/C11H15FN2/c1-7(8-5-6-8)14-10-4-2-3-9(12)11(10)13/h2-4,7-8,14H,5-6,13H2,1H3. The van der Waals surface area contributed by atoms with Crippen molar-refractivity contribution in [1.82, 2.24) is 0 Å². The Morgan fingerprint density at radius 1 is 1.50 bits per heavy atom. The molecule has 1 aliphatic rings. The van der Waals surface area contributed by atoms with Gasteiger partial charge < -0.3 is 11.1 Å². The number of para-hydroxylation sites is 1. The van der Waals surface area contributed by atoms with Gasteiger partial charge in [0, 0.05) is 6.04 Å². The van der Waals surface area contributed by atoms with Crippen LogP contribution in [0.4, 0.5) is 15.8 Å². The average molecular weight is 194 g/mol. The lowest BCUT2D eigenvalue weighted by Crippen LogP contribution is -2.18. The molecule has 3 N–H and O–H groups in total. The van der Waals surface area contributed by atoms with Crippen LogP contribution in [0.25, 0.3) is 0 Å². The number of rotatable bonds is 3. The Labute approximate surface area is 83.3 Å². The lowest BCUT2D eigenvalue weighted by molar-refractivity contribution is 0.631. The van der Waals surface area contributed by atoms with Crippen LogP contribution in [0.2, 0.25) is 0 Å². The average Bonchev–Trinajstić information content (AvgIpc) is 2.95. The van der Waals surface area contributed by atoms with Crippen molar-refractivity contribution < 1.29 is 4.39 Å². The third kappa shape index (κ3) is 1.81. The van der Waals surface area contributed by atoms with Crippen LogP contribution in [-0.4, -0.2) is 6.04 Å². The fourth-order valence-corrected chi connectivity index (χ4v) is 1.62. The Kier molecular flexibility index (Phi) is 2.32. The first-order valence-electron chi connectivity index (χ1n) is 4.99. The van der Waals surface area contributed by atoms with E-state index in [-0.39, 0.29) is 11.5 Å². The largest absolute Gasteiger partial charge is 0.395 e. The van der Waals surface area contributed by atoms with Crippen LogP contribution < -0.4 is 11.1 Å². The molecular weight excluding hydrogens is 179 g/mol. The predicted octanol–water partition coefficient (Wildman–Crippen LogP) is 2.62. The molecule has 3 heteroatoms. The zero-order valence-corrected chi connectivity index (χ0v) is 8.26. The predicted molar refractivity (Wildman–Crippen MR) is 56.6 cm³/mol. The lowest BCUT2D eigenvalue weighted by atomic mass is 10.2. The molecule has 2 nitrogen and oxygen atoms in total. The molecule has 1 unspecified atom stereocenters. The van der Waals surface area contributed by atoms with E-state index in [1.807, 2.05) is 6.07 Å². The molecule has 0 aromatic heterocycles. The molecule has 0 radical (unpaired) electrons. The molecule has 1 fully saturated rings. The Morgan fingerprint density at radius 2 is 2.21 bits per heavy atom. The van der Waals surface area contributed by atoms with Crippen molar-refractivity contribution in [2.75, 3.05) is 11.1 Å². The highest BCUT2D eigenvalue weighted by Gasteiger charge is 2.28. The molecule has 0 heterocycles. The Balaban J connectivity index is 2.11. The molecule has 76 valence electrons. The Morgan fingerprint density at radius 3 is 2.86 bits per heavy atom. The maximum absolute atomic E-state index is 13.1. The topological polar surface area (TPSA) is 38.0 Å². The fraction of sp³-hybridized carbons (Fsp3) is 0.455. The SMILES string of the molecule is CC(Nc1cccc(F)c1N)C1CC1. The minimum Gasteiger partial charge on any atom is -0.395 e. The number of halogens is 1. The molecule has 1 aliphatic carbocycles.